The summed E-state index contributed by atoms with van der Waals surface area (Å²) in [6, 6.07) is 1.32. The number of halogens is 1. The second-order valence-electron chi connectivity index (χ2n) is 4.76. The fourth-order valence-corrected chi connectivity index (χ4v) is 2.46. The second-order valence-corrected chi connectivity index (χ2v) is 5.17. The molecule has 1 aliphatic rings. The van der Waals surface area contributed by atoms with E-state index in [1.54, 1.807) is 7.11 Å². The van der Waals surface area contributed by atoms with E-state index in [0.29, 0.717) is 6.54 Å². The number of aliphatic hydroxyl groups is 1. The molecule has 1 aromatic rings. The van der Waals surface area contributed by atoms with Crippen LogP contribution in [0.3, 0.4) is 0 Å². The number of aromatic nitrogens is 1. The minimum absolute atomic E-state index is 0.0491. The van der Waals surface area contributed by atoms with Crippen LogP contribution in [-0.2, 0) is 4.74 Å². The van der Waals surface area contributed by atoms with Crippen LogP contribution in [0.4, 0.5) is 5.82 Å². The minimum atomic E-state index is -1.13. The molecule has 0 spiro atoms. The molecule has 8 heteroatoms. The van der Waals surface area contributed by atoms with Gasteiger partial charge in [0.2, 0.25) is 0 Å². The topological polar surface area (TPSA) is 112 Å². The van der Waals surface area contributed by atoms with Gasteiger partial charge in [0, 0.05) is 19.7 Å². The number of H-pyrrole nitrogens is 1. The van der Waals surface area contributed by atoms with Gasteiger partial charge in [-0.3, -0.25) is 10.1 Å². The third-order valence-electron chi connectivity index (χ3n) is 3.45. The normalized spacial score (nSPS) is 24.6. The summed E-state index contributed by atoms with van der Waals surface area (Å²) < 4.78 is 5.35. The average molecular weight is 303 g/mol. The molecule has 1 fully saturated rings. The van der Waals surface area contributed by atoms with Gasteiger partial charge in [0.25, 0.3) is 5.56 Å². The maximum atomic E-state index is 11.8. The van der Waals surface area contributed by atoms with Crippen molar-refractivity contribution >= 4 is 17.4 Å². The number of nitrogen functional groups attached to an aromatic ring is 1. The van der Waals surface area contributed by atoms with Crippen LogP contribution in [0.25, 0.3) is 0 Å². The van der Waals surface area contributed by atoms with Crippen LogP contribution < -0.4 is 21.9 Å². The van der Waals surface area contributed by atoms with Gasteiger partial charge in [0.1, 0.15) is 12.0 Å². The van der Waals surface area contributed by atoms with Gasteiger partial charge in [0.15, 0.2) is 0 Å². The number of nitrogens with one attached hydrogen (secondary N) is 3. The van der Waals surface area contributed by atoms with Crippen molar-refractivity contribution < 1.29 is 9.84 Å². The van der Waals surface area contributed by atoms with Crippen molar-refractivity contribution in [2.45, 2.75) is 24.8 Å². The highest BCUT2D eigenvalue weighted by molar-refractivity contribution is 6.32. The molecule has 1 unspecified atom stereocenters. The lowest BCUT2D eigenvalue weighted by Gasteiger charge is -2.33. The number of methoxy groups -OCH3 is 1. The first-order valence-electron chi connectivity index (χ1n) is 6.38. The number of anilines is 1. The minimum Gasteiger partial charge on any atom is -0.384 e. The lowest BCUT2D eigenvalue weighted by atomic mass is 10.0. The molecule has 1 aromatic heterocycles. The first-order chi connectivity index (χ1) is 9.52. The number of aromatic amines is 1. The lowest BCUT2D eigenvalue weighted by Crippen LogP contribution is -2.53. The van der Waals surface area contributed by atoms with Crippen LogP contribution in [0.1, 0.15) is 18.2 Å². The molecule has 0 aromatic carbocycles. The van der Waals surface area contributed by atoms with E-state index in [1.165, 1.54) is 6.07 Å². The Labute approximate surface area is 121 Å². The van der Waals surface area contributed by atoms with Crippen molar-refractivity contribution in [1.82, 2.24) is 15.6 Å². The zero-order valence-electron chi connectivity index (χ0n) is 11.1. The van der Waals surface area contributed by atoms with E-state index in [-0.39, 0.29) is 28.5 Å². The molecule has 6 N–H and O–H groups in total. The van der Waals surface area contributed by atoms with E-state index < -0.39 is 11.8 Å². The first kappa shape index (κ1) is 15.3. The fraction of sp³-hybridized carbons (Fsp3) is 0.583. The Hall–Kier alpha value is -1.12. The van der Waals surface area contributed by atoms with Crippen LogP contribution in [0.2, 0.25) is 5.02 Å². The molecule has 3 atom stereocenters. The predicted molar refractivity (Wildman–Crippen MR) is 76.7 cm³/mol. The van der Waals surface area contributed by atoms with E-state index in [2.05, 4.69) is 15.6 Å². The molecule has 0 bridgehead atoms. The Morgan fingerprint density at radius 3 is 3.10 bits per heavy atom. The summed E-state index contributed by atoms with van der Waals surface area (Å²) in [7, 11) is 1.62. The lowest BCUT2D eigenvalue weighted by molar-refractivity contribution is 0.0206. The number of rotatable bonds is 4. The summed E-state index contributed by atoms with van der Waals surface area (Å²) in [5.74, 6) is 0.0873. The first-order valence-corrected chi connectivity index (χ1v) is 6.76. The van der Waals surface area contributed by atoms with E-state index in [9.17, 15) is 9.90 Å². The van der Waals surface area contributed by atoms with E-state index in [0.717, 1.165) is 13.0 Å². The van der Waals surface area contributed by atoms with E-state index in [1.807, 2.05) is 0 Å². The van der Waals surface area contributed by atoms with Crippen molar-refractivity contribution in [3.8, 4) is 0 Å². The van der Waals surface area contributed by atoms with Crippen LogP contribution in [0.5, 0.6) is 0 Å². The highest BCUT2D eigenvalue weighted by Crippen LogP contribution is 2.18. The maximum absolute atomic E-state index is 11.8. The van der Waals surface area contributed by atoms with Gasteiger partial charge < -0.3 is 25.9 Å². The number of nitrogens with two attached hydrogens (primary N) is 1. The molecule has 0 saturated carbocycles. The molecule has 1 saturated heterocycles. The van der Waals surface area contributed by atoms with Crippen LogP contribution in [-0.4, -0.2) is 42.4 Å². The van der Waals surface area contributed by atoms with Crippen molar-refractivity contribution in [2.24, 2.45) is 0 Å². The molecular formula is C12H19ClN4O3. The van der Waals surface area contributed by atoms with Gasteiger partial charge in [-0.15, -0.1) is 0 Å². The Balaban J connectivity index is 2.13. The molecule has 0 aliphatic carbocycles. The predicted octanol–water partition coefficient (Wildman–Crippen LogP) is -0.432. The molecular weight excluding hydrogens is 284 g/mol. The Morgan fingerprint density at radius 1 is 1.65 bits per heavy atom. The van der Waals surface area contributed by atoms with Crippen molar-refractivity contribution in [3.05, 3.63) is 27.0 Å². The fourth-order valence-electron chi connectivity index (χ4n) is 2.30. The Kier molecular flexibility index (Phi) is 5.00. The summed E-state index contributed by atoms with van der Waals surface area (Å²) in [5.41, 5.74) is 5.17. The van der Waals surface area contributed by atoms with Gasteiger partial charge in [-0.25, -0.2) is 0 Å². The molecule has 0 amide bonds. The molecule has 20 heavy (non-hydrogen) atoms. The Morgan fingerprint density at radius 2 is 2.40 bits per heavy atom. The molecule has 112 valence electrons. The zero-order valence-corrected chi connectivity index (χ0v) is 11.9. The standard InChI is InChI=1S/C12H19ClN4O3/c1-20-9-5-15-3-2-8(9)16-11(18)6-4-7(13)10(14)17-12(6)19/h4,8-9,11,15-16,18H,2-3,5H2,1H3,(H3,14,17,19)/t8-,9+,11?/m0/s1. The zero-order chi connectivity index (χ0) is 14.7. The monoisotopic (exact) mass is 302 g/mol. The van der Waals surface area contributed by atoms with Crippen molar-refractivity contribution in [2.75, 3.05) is 25.9 Å². The summed E-state index contributed by atoms with van der Waals surface area (Å²) in [6.45, 7) is 1.52. The van der Waals surface area contributed by atoms with Gasteiger partial charge in [-0.1, -0.05) is 11.6 Å². The summed E-state index contributed by atoms with van der Waals surface area (Å²) >= 11 is 5.86. The van der Waals surface area contributed by atoms with Crippen molar-refractivity contribution in [3.63, 3.8) is 0 Å². The number of pyridine rings is 1. The van der Waals surface area contributed by atoms with E-state index in [4.69, 9.17) is 22.1 Å². The maximum Gasteiger partial charge on any atom is 0.256 e. The highest BCUT2D eigenvalue weighted by atomic mass is 35.5. The number of hydrogen-bond donors (Lipinski definition) is 5. The summed E-state index contributed by atoms with van der Waals surface area (Å²) in [6.07, 6.45) is -0.407. The molecule has 2 rings (SSSR count). The summed E-state index contributed by atoms with van der Waals surface area (Å²) in [4.78, 5) is 14.2. The van der Waals surface area contributed by atoms with Gasteiger partial charge in [-0.05, 0) is 19.0 Å². The third kappa shape index (κ3) is 3.31. The SMILES string of the molecule is CO[C@@H]1CNCC[C@@H]1NC(O)c1cc(Cl)c(N)[nH]c1=O. The molecule has 7 nitrogen and oxygen atoms in total. The molecule has 0 radical (unpaired) electrons. The average Bonchev–Trinajstić information content (AvgIpc) is 2.43. The molecule has 1 aliphatic heterocycles. The summed E-state index contributed by atoms with van der Waals surface area (Å²) in [5, 5.41) is 16.6. The van der Waals surface area contributed by atoms with Crippen LogP contribution in [0, 0.1) is 0 Å². The van der Waals surface area contributed by atoms with E-state index >= 15 is 0 Å². The Bertz CT molecular complexity index is 522. The number of hydrogen-bond acceptors (Lipinski definition) is 6. The van der Waals surface area contributed by atoms with Crippen LogP contribution >= 0.6 is 11.6 Å². The molecule has 2 heterocycles. The number of aliphatic hydroxyl groups excluding tert-OH is 1. The second kappa shape index (κ2) is 6.55. The highest BCUT2D eigenvalue weighted by Gasteiger charge is 2.27. The number of piperidine rings is 1. The third-order valence-corrected chi connectivity index (χ3v) is 3.76. The van der Waals surface area contributed by atoms with Gasteiger partial charge in [-0.2, -0.15) is 0 Å². The largest absolute Gasteiger partial charge is 0.384 e. The smallest absolute Gasteiger partial charge is 0.256 e. The quantitative estimate of drug-likeness (QED) is 0.482. The van der Waals surface area contributed by atoms with Crippen LogP contribution in [0.15, 0.2) is 10.9 Å². The number of ether oxygens (including phenoxy) is 1. The van der Waals surface area contributed by atoms with Gasteiger partial charge in [0.05, 0.1) is 16.7 Å². The van der Waals surface area contributed by atoms with Crippen molar-refractivity contribution in [1.29, 1.82) is 0 Å². The van der Waals surface area contributed by atoms with Gasteiger partial charge >= 0.3 is 0 Å².